The van der Waals surface area contributed by atoms with Gasteiger partial charge in [0.1, 0.15) is 5.75 Å². The van der Waals surface area contributed by atoms with Crippen LogP contribution in [0.15, 0.2) is 42.5 Å². The highest BCUT2D eigenvalue weighted by atomic mass is 16.5. The molecule has 0 unspecified atom stereocenters. The van der Waals surface area contributed by atoms with Crippen molar-refractivity contribution in [3.63, 3.8) is 0 Å². The highest BCUT2D eigenvalue weighted by molar-refractivity contribution is 6.01. The number of hydrogen-bond acceptors (Lipinski definition) is 4. The normalized spacial score (nSPS) is 11.7. The van der Waals surface area contributed by atoms with Crippen molar-refractivity contribution in [2.24, 2.45) is 0 Å². The Hall–Kier alpha value is -2.62. The smallest absolute Gasteiger partial charge is 0.339 e. The van der Waals surface area contributed by atoms with Gasteiger partial charge in [-0.15, -0.1) is 0 Å². The number of ketones is 1. The van der Waals surface area contributed by atoms with E-state index in [1.165, 1.54) is 0 Å². The molecule has 0 heterocycles. The van der Waals surface area contributed by atoms with Crippen LogP contribution in [0.3, 0.4) is 0 Å². The SMILES string of the molecule is COc1ccc(C(=O)[C@H](C)OC(=O)c2cc(C)ccc2C)cc1. The fraction of sp³-hybridized carbons (Fsp3) is 0.263. The van der Waals surface area contributed by atoms with Crippen LogP contribution in [0.25, 0.3) is 0 Å². The van der Waals surface area contributed by atoms with Gasteiger partial charge in [-0.05, 0) is 56.7 Å². The molecule has 0 bridgehead atoms. The minimum atomic E-state index is -0.851. The molecule has 0 saturated carbocycles. The third-order valence-corrected chi connectivity index (χ3v) is 3.64. The summed E-state index contributed by atoms with van der Waals surface area (Å²) in [7, 11) is 1.56. The fourth-order valence-electron chi connectivity index (χ4n) is 2.22. The second-order valence-electron chi connectivity index (χ2n) is 5.46. The van der Waals surface area contributed by atoms with Crippen LogP contribution in [-0.4, -0.2) is 25.0 Å². The van der Waals surface area contributed by atoms with Gasteiger partial charge in [0.2, 0.25) is 5.78 Å². The Morgan fingerprint density at radius 1 is 1.00 bits per heavy atom. The lowest BCUT2D eigenvalue weighted by molar-refractivity contribution is 0.0318. The van der Waals surface area contributed by atoms with Gasteiger partial charge in [0.25, 0.3) is 0 Å². The molecular weight excluding hydrogens is 292 g/mol. The molecule has 0 fully saturated rings. The Bertz CT molecular complexity index is 717. The molecule has 120 valence electrons. The van der Waals surface area contributed by atoms with E-state index >= 15 is 0 Å². The zero-order chi connectivity index (χ0) is 17.0. The molecular formula is C19H20O4. The molecule has 0 aliphatic rings. The Labute approximate surface area is 136 Å². The number of rotatable bonds is 5. The predicted molar refractivity (Wildman–Crippen MR) is 88.1 cm³/mol. The predicted octanol–water partition coefficient (Wildman–Crippen LogP) is 3.74. The van der Waals surface area contributed by atoms with E-state index in [-0.39, 0.29) is 5.78 Å². The molecule has 4 nitrogen and oxygen atoms in total. The van der Waals surface area contributed by atoms with Crippen LogP contribution in [0.4, 0.5) is 0 Å². The molecule has 4 heteroatoms. The zero-order valence-electron chi connectivity index (χ0n) is 13.8. The topological polar surface area (TPSA) is 52.6 Å². The second kappa shape index (κ2) is 7.09. The first-order chi connectivity index (χ1) is 10.9. The van der Waals surface area contributed by atoms with E-state index in [4.69, 9.17) is 9.47 Å². The molecule has 2 aromatic rings. The number of carbonyl (C=O) groups excluding carboxylic acids is 2. The third kappa shape index (κ3) is 3.97. The maximum atomic E-state index is 12.3. The van der Waals surface area contributed by atoms with E-state index in [0.717, 1.165) is 11.1 Å². The lowest BCUT2D eigenvalue weighted by Gasteiger charge is -2.14. The summed E-state index contributed by atoms with van der Waals surface area (Å²) in [5.74, 6) is -0.0616. The van der Waals surface area contributed by atoms with Crippen LogP contribution in [0.1, 0.15) is 38.8 Å². The van der Waals surface area contributed by atoms with Crippen molar-refractivity contribution in [2.75, 3.05) is 7.11 Å². The van der Waals surface area contributed by atoms with E-state index in [9.17, 15) is 9.59 Å². The molecule has 23 heavy (non-hydrogen) atoms. The van der Waals surface area contributed by atoms with Gasteiger partial charge in [-0.2, -0.15) is 0 Å². The van der Waals surface area contributed by atoms with Crippen molar-refractivity contribution in [3.8, 4) is 5.75 Å². The van der Waals surface area contributed by atoms with Crippen LogP contribution in [0.5, 0.6) is 5.75 Å². The number of aryl methyl sites for hydroxylation is 2. The molecule has 0 saturated heterocycles. The van der Waals surface area contributed by atoms with Gasteiger partial charge in [0.15, 0.2) is 6.10 Å². The highest BCUT2D eigenvalue weighted by Crippen LogP contribution is 2.16. The first-order valence-electron chi connectivity index (χ1n) is 7.39. The van der Waals surface area contributed by atoms with Crippen molar-refractivity contribution >= 4 is 11.8 Å². The Kier molecular flexibility index (Phi) is 5.16. The summed E-state index contributed by atoms with van der Waals surface area (Å²) >= 11 is 0. The van der Waals surface area contributed by atoms with Gasteiger partial charge in [-0.3, -0.25) is 4.79 Å². The Morgan fingerprint density at radius 3 is 2.26 bits per heavy atom. The van der Waals surface area contributed by atoms with E-state index in [0.29, 0.717) is 16.9 Å². The van der Waals surface area contributed by atoms with Gasteiger partial charge in [0.05, 0.1) is 12.7 Å². The molecule has 0 aliphatic carbocycles. The number of hydrogen-bond donors (Lipinski definition) is 0. The molecule has 0 spiro atoms. The highest BCUT2D eigenvalue weighted by Gasteiger charge is 2.21. The van der Waals surface area contributed by atoms with Crippen LogP contribution in [-0.2, 0) is 4.74 Å². The molecule has 1 atom stereocenters. The van der Waals surface area contributed by atoms with Crippen molar-refractivity contribution in [2.45, 2.75) is 26.9 Å². The average Bonchev–Trinajstić information content (AvgIpc) is 2.56. The minimum absolute atomic E-state index is 0.244. The number of esters is 1. The molecule has 0 amide bonds. The first-order valence-corrected chi connectivity index (χ1v) is 7.39. The number of benzene rings is 2. The van der Waals surface area contributed by atoms with Crippen molar-refractivity contribution in [1.29, 1.82) is 0 Å². The number of ether oxygens (including phenoxy) is 2. The summed E-state index contributed by atoms with van der Waals surface area (Å²) in [6.45, 7) is 5.32. The van der Waals surface area contributed by atoms with Gasteiger partial charge in [-0.25, -0.2) is 4.79 Å². The molecule has 0 N–H and O–H groups in total. The van der Waals surface area contributed by atoms with Crippen molar-refractivity contribution < 1.29 is 19.1 Å². The van der Waals surface area contributed by atoms with E-state index < -0.39 is 12.1 Å². The van der Waals surface area contributed by atoms with Crippen LogP contribution < -0.4 is 4.74 Å². The lowest BCUT2D eigenvalue weighted by Crippen LogP contribution is -2.24. The first kappa shape index (κ1) is 16.7. The molecule has 0 aliphatic heterocycles. The Morgan fingerprint density at radius 2 is 1.65 bits per heavy atom. The summed E-state index contributed by atoms with van der Waals surface area (Å²) in [6, 6.07) is 12.3. The molecule has 0 radical (unpaired) electrons. The largest absolute Gasteiger partial charge is 0.497 e. The lowest BCUT2D eigenvalue weighted by atomic mass is 10.1. The van der Waals surface area contributed by atoms with Crippen LogP contribution >= 0.6 is 0 Å². The van der Waals surface area contributed by atoms with Gasteiger partial charge < -0.3 is 9.47 Å². The van der Waals surface area contributed by atoms with E-state index in [1.807, 2.05) is 26.0 Å². The summed E-state index contributed by atoms with van der Waals surface area (Å²) in [4.78, 5) is 24.6. The molecule has 0 aromatic heterocycles. The summed E-state index contributed by atoms with van der Waals surface area (Å²) in [5.41, 5.74) is 2.76. The fourth-order valence-corrected chi connectivity index (χ4v) is 2.22. The standard InChI is InChI=1S/C19H20O4/c1-12-5-6-13(2)17(11-12)19(21)23-14(3)18(20)15-7-9-16(22-4)10-8-15/h5-11,14H,1-4H3/t14-/m0/s1. The number of methoxy groups -OCH3 is 1. The quantitative estimate of drug-likeness (QED) is 0.623. The zero-order valence-corrected chi connectivity index (χ0v) is 13.8. The Balaban J connectivity index is 2.10. The average molecular weight is 312 g/mol. The molecule has 2 rings (SSSR count). The summed E-state index contributed by atoms with van der Waals surface area (Å²) in [5, 5.41) is 0. The van der Waals surface area contributed by atoms with Crippen LogP contribution in [0.2, 0.25) is 0 Å². The summed E-state index contributed by atoms with van der Waals surface area (Å²) < 4.78 is 10.4. The maximum Gasteiger partial charge on any atom is 0.339 e. The summed E-state index contributed by atoms with van der Waals surface area (Å²) in [6.07, 6.45) is -0.851. The number of carbonyl (C=O) groups is 2. The monoisotopic (exact) mass is 312 g/mol. The van der Waals surface area contributed by atoms with E-state index in [2.05, 4.69) is 0 Å². The van der Waals surface area contributed by atoms with Crippen molar-refractivity contribution in [3.05, 3.63) is 64.7 Å². The minimum Gasteiger partial charge on any atom is -0.497 e. The number of Topliss-reactive ketones (excluding diaryl/α,β-unsaturated/α-hetero) is 1. The maximum absolute atomic E-state index is 12.3. The molecule has 2 aromatic carbocycles. The van der Waals surface area contributed by atoms with Gasteiger partial charge in [0, 0.05) is 5.56 Å². The van der Waals surface area contributed by atoms with E-state index in [1.54, 1.807) is 44.4 Å². The second-order valence-corrected chi connectivity index (χ2v) is 5.46. The van der Waals surface area contributed by atoms with Gasteiger partial charge in [-0.1, -0.05) is 17.7 Å². The van der Waals surface area contributed by atoms with Crippen LogP contribution in [0, 0.1) is 13.8 Å². The third-order valence-electron chi connectivity index (χ3n) is 3.64. The van der Waals surface area contributed by atoms with Crippen molar-refractivity contribution in [1.82, 2.24) is 0 Å². The van der Waals surface area contributed by atoms with Gasteiger partial charge >= 0.3 is 5.97 Å².